The van der Waals surface area contributed by atoms with E-state index in [1.807, 2.05) is 42.5 Å². The predicted molar refractivity (Wildman–Crippen MR) is 133 cm³/mol. The summed E-state index contributed by atoms with van der Waals surface area (Å²) < 4.78 is 0. The van der Waals surface area contributed by atoms with Crippen LogP contribution in [-0.4, -0.2) is 45.8 Å². The molecule has 2 atom stereocenters. The normalized spacial score (nSPS) is 16.9. The van der Waals surface area contributed by atoms with Crippen molar-refractivity contribution in [2.75, 3.05) is 11.4 Å². The van der Waals surface area contributed by atoms with Crippen molar-refractivity contribution in [2.24, 2.45) is 5.41 Å². The van der Waals surface area contributed by atoms with Gasteiger partial charge in [-0.15, -0.1) is 0 Å². The van der Waals surface area contributed by atoms with Crippen LogP contribution in [0.25, 0.3) is 0 Å². The molecule has 2 aromatic rings. The highest BCUT2D eigenvalue weighted by Gasteiger charge is 2.35. The standard InChI is InChI=1S/C26H30N2O5S/c1-26(2,3)25(33)34-21(15-17-9-5-4-6-10-17)23(31)27-19-14-13-18-11-7-8-12-20(18)28(24(19)32)16-22(29)30/h4-12,19,21H,13-16H2,1-3H3,(H,27,31)(H,29,30)/t19-,21-/m0/s1. The molecule has 0 fully saturated rings. The van der Waals surface area contributed by atoms with Gasteiger partial charge < -0.3 is 10.4 Å². The predicted octanol–water partition coefficient (Wildman–Crippen LogP) is 3.45. The van der Waals surface area contributed by atoms with Crippen molar-refractivity contribution >= 4 is 40.3 Å². The Morgan fingerprint density at radius 1 is 1.09 bits per heavy atom. The number of nitrogens with one attached hydrogen (secondary N) is 1. The van der Waals surface area contributed by atoms with Crippen LogP contribution in [0.2, 0.25) is 0 Å². The third-order valence-electron chi connectivity index (χ3n) is 5.58. The maximum atomic E-state index is 13.4. The van der Waals surface area contributed by atoms with Crippen molar-refractivity contribution in [3.8, 4) is 0 Å². The minimum atomic E-state index is -1.14. The van der Waals surface area contributed by atoms with Crippen LogP contribution in [0.5, 0.6) is 0 Å². The van der Waals surface area contributed by atoms with Crippen LogP contribution in [0.4, 0.5) is 5.69 Å². The van der Waals surface area contributed by atoms with Gasteiger partial charge in [0.05, 0.1) is 5.25 Å². The Hall–Kier alpha value is -3.13. The Balaban J connectivity index is 1.83. The average molecular weight is 483 g/mol. The van der Waals surface area contributed by atoms with Crippen molar-refractivity contribution in [3.63, 3.8) is 0 Å². The van der Waals surface area contributed by atoms with Crippen LogP contribution < -0.4 is 10.2 Å². The Kier molecular flexibility index (Phi) is 8.15. The summed E-state index contributed by atoms with van der Waals surface area (Å²) in [5, 5.41) is 11.4. The lowest BCUT2D eigenvalue weighted by atomic mass is 9.99. The van der Waals surface area contributed by atoms with Crippen LogP contribution in [-0.2, 0) is 32.0 Å². The van der Waals surface area contributed by atoms with Gasteiger partial charge in [-0.25, -0.2) is 0 Å². The number of aliphatic carboxylic acids is 1. The second kappa shape index (κ2) is 10.9. The fourth-order valence-electron chi connectivity index (χ4n) is 3.73. The van der Waals surface area contributed by atoms with Crippen molar-refractivity contribution in [2.45, 2.75) is 51.3 Å². The van der Waals surface area contributed by atoms with Gasteiger partial charge in [0.25, 0.3) is 0 Å². The van der Waals surface area contributed by atoms with Crippen LogP contribution >= 0.6 is 11.8 Å². The summed E-state index contributed by atoms with van der Waals surface area (Å²) in [4.78, 5) is 52.1. The number of para-hydroxylation sites is 1. The zero-order chi connectivity index (χ0) is 24.9. The lowest BCUT2D eigenvalue weighted by molar-refractivity contribution is -0.137. The van der Waals surface area contributed by atoms with E-state index in [0.29, 0.717) is 24.9 Å². The van der Waals surface area contributed by atoms with E-state index in [1.54, 1.807) is 32.9 Å². The van der Waals surface area contributed by atoms with Gasteiger partial charge in [0.2, 0.25) is 11.8 Å². The number of benzene rings is 2. The molecule has 34 heavy (non-hydrogen) atoms. The number of carboxylic acid groups (broad SMARTS) is 1. The van der Waals surface area contributed by atoms with Crippen molar-refractivity contribution < 1.29 is 24.3 Å². The van der Waals surface area contributed by atoms with Gasteiger partial charge in [-0.3, -0.25) is 24.1 Å². The quantitative estimate of drug-likeness (QED) is 0.627. The van der Waals surface area contributed by atoms with E-state index < -0.39 is 41.0 Å². The third kappa shape index (κ3) is 6.47. The van der Waals surface area contributed by atoms with Crippen LogP contribution in [0.15, 0.2) is 54.6 Å². The van der Waals surface area contributed by atoms with Crippen LogP contribution in [0.3, 0.4) is 0 Å². The molecule has 2 amide bonds. The number of hydrogen-bond donors (Lipinski definition) is 2. The summed E-state index contributed by atoms with van der Waals surface area (Å²) in [6.45, 7) is 4.91. The van der Waals surface area contributed by atoms with Crippen molar-refractivity contribution in [1.82, 2.24) is 5.32 Å². The topological polar surface area (TPSA) is 104 Å². The second-order valence-corrected chi connectivity index (χ2v) is 10.6. The monoisotopic (exact) mass is 482 g/mol. The number of carboxylic acids is 1. The Labute approximate surface area is 203 Å². The van der Waals surface area contributed by atoms with E-state index in [-0.39, 0.29) is 5.12 Å². The number of rotatable bonds is 7. The summed E-state index contributed by atoms with van der Waals surface area (Å²) >= 11 is 0.978. The molecule has 0 aromatic heterocycles. The summed E-state index contributed by atoms with van der Waals surface area (Å²) in [6.07, 6.45) is 1.19. The first-order valence-corrected chi connectivity index (χ1v) is 12.1. The minimum Gasteiger partial charge on any atom is -0.480 e. The number of aryl methyl sites for hydroxylation is 1. The van der Waals surface area contributed by atoms with E-state index in [4.69, 9.17) is 0 Å². The molecule has 7 nitrogen and oxygen atoms in total. The molecular weight excluding hydrogens is 452 g/mol. The first-order chi connectivity index (χ1) is 16.1. The zero-order valence-electron chi connectivity index (χ0n) is 19.6. The highest BCUT2D eigenvalue weighted by Crippen LogP contribution is 2.30. The van der Waals surface area contributed by atoms with E-state index in [1.165, 1.54) is 4.90 Å². The van der Waals surface area contributed by atoms with Crippen LogP contribution in [0.1, 0.15) is 38.3 Å². The molecule has 0 saturated carbocycles. The van der Waals surface area contributed by atoms with Crippen LogP contribution in [0, 0.1) is 5.41 Å². The first kappa shape index (κ1) is 25.5. The van der Waals surface area contributed by atoms with Gasteiger partial charge in [0.15, 0.2) is 5.12 Å². The van der Waals surface area contributed by atoms with E-state index in [9.17, 15) is 24.3 Å². The molecule has 1 aliphatic heterocycles. The van der Waals surface area contributed by atoms with Gasteiger partial charge in [0, 0.05) is 11.1 Å². The van der Waals surface area contributed by atoms with Crippen molar-refractivity contribution in [3.05, 3.63) is 65.7 Å². The van der Waals surface area contributed by atoms with E-state index in [2.05, 4.69) is 5.32 Å². The lowest BCUT2D eigenvalue weighted by Crippen LogP contribution is -2.51. The summed E-state index contributed by atoms with van der Waals surface area (Å²) in [6, 6.07) is 15.7. The minimum absolute atomic E-state index is 0.115. The molecule has 2 aromatic carbocycles. The molecule has 1 aliphatic rings. The molecule has 3 rings (SSSR count). The molecular formula is C26H30N2O5S. The number of carbonyl (C=O) groups excluding carboxylic acids is 3. The number of nitrogens with zero attached hydrogens (tertiary/aromatic N) is 1. The van der Waals surface area contributed by atoms with E-state index >= 15 is 0 Å². The molecule has 0 unspecified atom stereocenters. The fourth-order valence-corrected chi connectivity index (χ4v) is 4.80. The van der Waals surface area contributed by atoms with Gasteiger partial charge in [-0.05, 0) is 36.5 Å². The second-order valence-electron chi connectivity index (χ2n) is 9.38. The highest BCUT2D eigenvalue weighted by molar-refractivity contribution is 8.14. The number of carbonyl (C=O) groups is 4. The SMILES string of the molecule is CC(C)(C)C(=O)S[C@@H](Cc1ccccc1)C(=O)N[C@H]1CCc2ccccc2N(CC(=O)O)C1=O. The number of hydrogen-bond acceptors (Lipinski definition) is 5. The zero-order valence-corrected chi connectivity index (χ0v) is 20.4. The number of fused-ring (bicyclic) bond motifs is 1. The van der Waals surface area contributed by atoms with E-state index in [0.717, 1.165) is 22.9 Å². The molecule has 0 saturated heterocycles. The average Bonchev–Trinajstić information content (AvgIpc) is 2.90. The van der Waals surface area contributed by atoms with Gasteiger partial charge >= 0.3 is 5.97 Å². The molecule has 8 heteroatoms. The maximum absolute atomic E-state index is 13.4. The number of amides is 2. The number of anilines is 1. The first-order valence-electron chi connectivity index (χ1n) is 11.2. The molecule has 180 valence electrons. The summed E-state index contributed by atoms with van der Waals surface area (Å²) in [7, 11) is 0. The van der Waals surface area contributed by atoms with Gasteiger partial charge in [-0.2, -0.15) is 0 Å². The maximum Gasteiger partial charge on any atom is 0.323 e. The number of thioether (sulfide) groups is 1. The van der Waals surface area contributed by atoms with Crippen molar-refractivity contribution in [1.29, 1.82) is 0 Å². The molecule has 1 heterocycles. The molecule has 0 radical (unpaired) electrons. The summed E-state index contributed by atoms with van der Waals surface area (Å²) in [5.41, 5.74) is 1.68. The van der Waals surface area contributed by atoms with Gasteiger partial charge in [-0.1, -0.05) is 81.1 Å². The molecule has 0 aliphatic carbocycles. The Morgan fingerprint density at radius 3 is 2.38 bits per heavy atom. The third-order valence-corrected chi connectivity index (χ3v) is 7.07. The lowest BCUT2D eigenvalue weighted by Gasteiger charge is -2.26. The summed E-state index contributed by atoms with van der Waals surface area (Å²) in [5.74, 6) is -2.01. The molecule has 0 spiro atoms. The molecule has 0 bridgehead atoms. The fraction of sp³-hybridized carbons (Fsp3) is 0.385. The van der Waals surface area contributed by atoms with Gasteiger partial charge in [0.1, 0.15) is 12.6 Å². The largest absolute Gasteiger partial charge is 0.480 e. The highest BCUT2D eigenvalue weighted by atomic mass is 32.2. The molecule has 2 N–H and O–H groups in total. The Morgan fingerprint density at radius 2 is 1.74 bits per heavy atom. The smallest absolute Gasteiger partial charge is 0.323 e. The Bertz CT molecular complexity index is 1060.